The lowest BCUT2D eigenvalue weighted by molar-refractivity contribution is -0.137. The van der Waals surface area contributed by atoms with Gasteiger partial charge in [0.1, 0.15) is 11.4 Å². The summed E-state index contributed by atoms with van der Waals surface area (Å²) < 4.78 is 67.8. The summed E-state index contributed by atoms with van der Waals surface area (Å²) in [4.78, 5) is 13.1. The molecule has 0 aliphatic carbocycles. The number of hydrogen-bond acceptors (Lipinski definition) is 9. The smallest absolute Gasteiger partial charge is 0.407 e. The van der Waals surface area contributed by atoms with E-state index in [2.05, 4.69) is 44.3 Å². The number of nitrogens with one attached hydrogen (secondary N) is 3. The zero-order valence-corrected chi connectivity index (χ0v) is 21.5. The SMILES string of the molecule is C=C(C)/C=C(/Nc1ncc(C(F)(F)F)c(Nc2cn(C)nc2S(=O)(=O)C(C)C)n1)C(=C)ONCCC. The first-order chi connectivity index (χ1) is 16.7. The number of sulfone groups is 1. The van der Waals surface area contributed by atoms with Gasteiger partial charge in [0.25, 0.3) is 0 Å². The molecule has 0 atom stereocenters. The molecule has 3 N–H and O–H groups in total. The molecular formula is C22H30F3N7O3S. The monoisotopic (exact) mass is 529 g/mol. The number of aromatic nitrogens is 4. The third kappa shape index (κ3) is 7.31. The van der Waals surface area contributed by atoms with Crippen LogP contribution in [0.4, 0.5) is 30.6 Å². The van der Waals surface area contributed by atoms with Gasteiger partial charge >= 0.3 is 6.18 Å². The summed E-state index contributed by atoms with van der Waals surface area (Å²) in [7, 11) is -2.46. The van der Waals surface area contributed by atoms with Crippen molar-refractivity contribution in [1.29, 1.82) is 0 Å². The van der Waals surface area contributed by atoms with Crippen molar-refractivity contribution in [3.8, 4) is 0 Å². The first-order valence-corrected chi connectivity index (χ1v) is 12.4. The van der Waals surface area contributed by atoms with Gasteiger partial charge in [0.15, 0.2) is 5.76 Å². The molecule has 2 rings (SSSR count). The minimum absolute atomic E-state index is 0.127. The van der Waals surface area contributed by atoms with Crippen LogP contribution in [0.15, 0.2) is 53.7 Å². The van der Waals surface area contributed by atoms with Gasteiger partial charge in [0, 0.05) is 26.0 Å². The highest BCUT2D eigenvalue weighted by molar-refractivity contribution is 7.92. The van der Waals surface area contributed by atoms with Gasteiger partial charge in [0.05, 0.1) is 16.6 Å². The number of hydrogen-bond donors (Lipinski definition) is 3. The van der Waals surface area contributed by atoms with E-state index in [-0.39, 0.29) is 23.1 Å². The molecule has 0 unspecified atom stereocenters. The Morgan fingerprint density at radius 2 is 1.97 bits per heavy atom. The molecular weight excluding hydrogens is 499 g/mol. The lowest BCUT2D eigenvalue weighted by Crippen LogP contribution is -2.19. The van der Waals surface area contributed by atoms with Crippen molar-refractivity contribution in [2.75, 3.05) is 17.2 Å². The molecule has 0 spiro atoms. The molecule has 0 aromatic carbocycles. The highest BCUT2D eigenvalue weighted by Crippen LogP contribution is 2.36. The summed E-state index contributed by atoms with van der Waals surface area (Å²) in [5.41, 5.74) is 2.20. The lowest BCUT2D eigenvalue weighted by Gasteiger charge is -2.17. The fraction of sp³-hybridized carbons (Fsp3) is 0.409. The molecule has 0 aliphatic heterocycles. The number of anilines is 3. The van der Waals surface area contributed by atoms with E-state index in [9.17, 15) is 21.6 Å². The molecule has 198 valence electrons. The van der Waals surface area contributed by atoms with E-state index in [0.29, 0.717) is 18.3 Å². The normalized spacial score (nSPS) is 12.5. The molecule has 0 amide bonds. The van der Waals surface area contributed by atoms with Crippen LogP contribution in [0.25, 0.3) is 0 Å². The van der Waals surface area contributed by atoms with E-state index in [1.165, 1.54) is 31.8 Å². The van der Waals surface area contributed by atoms with Crippen LogP contribution in [-0.4, -0.2) is 40.0 Å². The third-order valence-corrected chi connectivity index (χ3v) is 6.60. The maximum absolute atomic E-state index is 13.7. The number of hydroxylamine groups is 1. The number of nitrogens with zero attached hydrogens (tertiary/aromatic N) is 4. The van der Waals surface area contributed by atoms with Crippen LogP contribution in [0.5, 0.6) is 0 Å². The van der Waals surface area contributed by atoms with E-state index in [1.807, 2.05) is 6.92 Å². The molecule has 14 heteroatoms. The van der Waals surface area contributed by atoms with Crippen LogP contribution in [0, 0.1) is 0 Å². The van der Waals surface area contributed by atoms with Gasteiger partial charge in [-0.15, -0.1) is 0 Å². The van der Waals surface area contributed by atoms with Crippen LogP contribution in [0.1, 0.15) is 39.7 Å². The molecule has 2 aromatic rings. The Labute approximate surface area is 208 Å². The van der Waals surface area contributed by atoms with Crippen molar-refractivity contribution in [1.82, 2.24) is 25.2 Å². The summed E-state index contributed by atoms with van der Waals surface area (Å²) in [6, 6.07) is 0. The Morgan fingerprint density at radius 3 is 2.53 bits per heavy atom. The van der Waals surface area contributed by atoms with E-state index in [4.69, 9.17) is 4.84 Å². The Kier molecular flexibility index (Phi) is 9.26. The molecule has 0 bridgehead atoms. The number of allylic oxidation sites excluding steroid dienone is 2. The van der Waals surface area contributed by atoms with Crippen LogP contribution in [0.2, 0.25) is 0 Å². The summed E-state index contributed by atoms with van der Waals surface area (Å²) in [6.07, 6.45) is -0.639. The second kappa shape index (κ2) is 11.6. The van der Waals surface area contributed by atoms with Crippen molar-refractivity contribution < 1.29 is 26.4 Å². The van der Waals surface area contributed by atoms with Crippen LogP contribution < -0.4 is 16.1 Å². The Bertz CT molecular complexity index is 1250. The molecule has 0 saturated heterocycles. The lowest BCUT2D eigenvalue weighted by atomic mass is 10.2. The fourth-order valence-corrected chi connectivity index (χ4v) is 3.81. The molecule has 2 aromatic heterocycles. The number of rotatable bonds is 12. The first kappa shape index (κ1) is 28.8. The minimum atomic E-state index is -4.83. The van der Waals surface area contributed by atoms with Gasteiger partial charge < -0.3 is 15.5 Å². The number of aryl methyl sites for hydroxylation is 1. The van der Waals surface area contributed by atoms with E-state index in [0.717, 1.165) is 6.42 Å². The maximum atomic E-state index is 13.7. The Hall–Kier alpha value is -3.39. The van der Waals surface area contributed by atoms with Gasteiger partial charge in [-0.2, -0.15) is 28.7 Å². The highest BCUT2D eigenvalue weighted by Gasteiger charge is 2.36. The summed E-state index contributed by atoms with van der Waals surface area (Å²) in [5, 5.41) is 7.94. The molecule has 0 radical (unpaired) electrons. The minimum Gasteiger partial charge on any atom is -0.407 e. The van der Waals surface area contributed by atoms with Gasteiger partial charge in [-0.05, 0) is 33.3 Å². The zero-order valence-electron chi connectivity index (χ0n) is 20.7. The average molecular weight is 530 g/mol. The van der Waals surface area contributed by atoms with Crippen molar-refractivity contribution >= 4 is 27.3 Å². The largest absolute Gasteiger partial charge is 0.421 e. The molecule has 10 nitrogen and oxygen atoms in total. The molecule has 2 heterocycles. The number of halogens is 3. The van der Waals surface area contributed by atoms with Gasteiger partial charge in [0.2, 0.25) is 20.8 Å². The molecule has 0 fully saturated rings. The predicted molar refractivity (Wildman–Crippen MR) is 131 cm³/mol. The predicted octanol–water partition coefficient (Wildman–Crippen LogP) is 4.47. The molecule has 0 saturated carbocycles. The van der Waals surface area contributed by atoms with Gasteiger partial charge in [-0.25, -0.2) is 13.4 Å². The standard InChI is InChI=1S/C22H30F3N7O3S/c1-8-9-27-35-15(6)17(10-13(2)3)29-21-26-11-16(22(23,24)25)19(30-21)28-18-12-32(7)31-20(18)36(33,34)14(4)5/h10-12,14,27H,2,6,8-9H2,1,3-5,7H3,(H2,26,28,29,30)/b17-10+. The van der Waals surface area contributed by atoms with Crippen molar-refractivity contribution in [3.05, 3.63) is 54.2 Å². The second-order valence-electron chi connectivity index (χ2n) is 8.14. The van der Waals surface area contributed by atoms with Gasteiger partial charge in [-0.1, -0.05) is 25.7 Å². The third-order valence-electron chi connectivity index (χ3n) is 4.52. The molecule has 0 aliphatic rings. The van der Waals surface area contributed by atoms with Crippen LogP contribution >= 0.6 is 0 Å². The van der Waals surface area contributed by atoms with Crippen LogP contribution in [0.3, 0.4) is 0 Å². The maximum Gasteiger partial charge on any atom is 0.421 e. The van der Waals surface area contributed by atoms with Crippen molar-refractivity contribution in [2.45, 2.75) is 50.6 Å². The average Bonchev–Trinajstić information content (AvgIpc) is 3.13. The van der Waals surface area contributed by atoms with Crippen molar-refractivity contribution in [2.24, 2.45) is 7.05 Å². The Morgan fingerprint density at radius 1 is 1.31 bits per heavy atom. The fourth-order valence-electron chi connectivity index (χ4n) is 2.71. The quantitative estimate of drug-likeness (QED) is 0.158. The van der Waals surface area contributed by atoms with Crippen LogP contribution in [-0.2, 0) is 27.9 Å². The molecule has 36 heavy (non-hydrogen) atoms. The highest BCUT2D eigenvalue weighted by atomic mass is 32.2. The first-order valence-electron chi connectivity index (χ1n) is 10.9. The topological polar surface area (TPSA) is 123 Å². The van der Waals surface area contributed by atoms with E-state index < -0.39 is 37.7 Å². The second-order valence-corrected chi connectivity index (χ2v) is 10.6. The van der Waals surface area contributed by atoms with Crippen molar-refractivity contribution in [3.63, 3.8) is 0 Å². The zero-order chi connectivity index (χ0) is 27.3. The summed E-state index contributed by atoms with van der Waals surface area (Å²) in [5.74, 6) is -0.768. The van der Waals surface area contributed by atoms with E-state index >= 15 is 0 Å². The summed E-state index contributed by atoms with van der Waals surface area (Å²) in [6.45, 7) is 14.6. The summed E-state index contributed by atoms with van der Waals surface area (Å²) >= 11 is 0. The number of alkyl halides is 3. The Balaban J connectivity index is 2.52. The van der Waals surface area contributed by atoms with Gasteiger partial charge in [-0.3, -0.25) is 4.68 Å². The van der Waals surface area contributed by atoms with E-state index in [1.54, 1.807) is 13.0 Å².